The number of carbonyl (C=O) groups is 2. The van der Waals surface area contributed by atoms with Crippen LogP contribution in [0.15, 0.2) is 42.1 Å². The van der Waals surface area contributed by atoms with Crippen molar-refractivity contribution in [2.75, 3.05) is 25.0 Å². The molecule has 1 aromatic carbocycles. The Morgan fingerprint density at radius 1 is 1.35 bits per heavy atom. The summed E-state index contributed by atoms with van der Waals surface area (Å²) in [4.78, 5) is 25.2. The first-order valence-electron chi connectivity index (χ1n) is 7.68. The van der Waals surface area contributed by atoms with E-state index in [1.807, 2.05) is 41.3 Å². The minimum atomic E-state index is -0.413. The second-order valence-electron chi connectivity index (χ2n) is 5.27. The Hall–Kier alpha value is -2.81. The van der Waals surface area contributed by atoms with Crippen LogP contribution in [0.4, 0.5) is 5.69 Å². The van der Waals surface area contributed by atoms with Crippen molar-refractivity contribution in [2.24, 2.45) is 0 Å². The standard InChI is InChI=1S/C17H20N4O2/c18-12-14(13-20-15-6-2-1-3-7-15)17(23)19-9-5-11-21-10-4-8-16(21)22/h1-3,6-7,13,20H,4-5,8-11H2,(H,19,23)/b14-13-. The number of amides is 2. The average Bonchev–Trinajstić information content (AvgIpc) is 2.98. The van der Waals surface area contributed by atoms with Gasteiger partial charge in [0, 0.05) is 37.9 Å². The number of carbonyl (C=O) groups excluding carboxylic acids is 2. The largest absolute Gasteiger partial charge is 0.360 e. The summed E-state index contributed by atoms with van der Waals surface area (Å²) >= 11 is 0. The fraction of sp³-hybridized carbons (Fsp3) is 0.353. The first kappa shape index (κ1) is 16.6. The Morgan fingerprint density at radius 2 is 2.13 bits per heavy atom. The molecule has 1 saturated heterocycles. The lowest BCUT2D eigenvalue weighted by atomic mass is 10.2. The molecular formula is C17H20N4O2. The van der Waals surface area contributed by atoms with Crippen molar-refractivity contribution in [3.8, 4) is 6.07 Å². The molecule has 0 aromatic heterocycles. The van der Waals surface area contributed by atoms with Crippen molar-refractivity contribution >= 4 is 17.5 Å². The van der Waals surface area contributed by atoms with Gasteiger partial charge in [0.05, 0.1) is 0 Å². The van der Waals surface area contributed by atoms with Gasteiger partial charge in [0.2, 0.25) is 5.91 Å². The van der Waals surface area contributed by atoms with E-state index in [0.29, 0.717) is 25.9 Å². The van der Waals surface area contributed by atoms with Gasteiger partial charge in [-0.1, -0.05) is 18.2 Å². The molecule has 2 amide bonds. The summed E-state index contributed by atoms with van der Waals surface area (Å²) in [5.41, 5.74) is 0.826. The van der Waals surface area contributed by atoms with Crippen LogP contribution in [0.25, 0.3) is 0 Å². The maximum absolute atomic E-state index is 11.9. The number of para-hydroxylation sites is 1. The van der Waals surface area contributed by atoms with E-state index in [0.717, 1.165) is 18.7 Å². The number of nitrogens with zero attached hydrogens (tertiary/aromatic N) is 2. The number of benzene rings is 1. The molecule has 6 nitrogen and oxygen atoms in total. The Kier molecular flexibility index (Phi) is 6.18. The first-order valence-corrected chi connectivity index (χ1v) is 7.68. The number of hydrogen-bond acceptors (Lipinski definition) is 4. The van der Waals surface area contributed by atoms with Crippen LogP contribution in [-0.2, 0) is 9.59 Å². The van der Waals surface area contributed by atoms with Gasteiger partial charge in [-0.2, -0.15) is 5.26 Å². The van der Waals surface area contributed by atoms with Crippen molar-refractivity contribution in [1.82, 2.24) is 10.2 Å². The van der Waals surface area contributed by atoms with Crippen molar-refractivity contribution in [1.29, 1.82) is 5.26 Å². The van der Waals surface area contributed by atoms with Crippen LogP contribution >= 0.6 is 0 Å². The zero-order valence-electron chi connectivity index (χ0n) is 12.9. The van der Waals surface area contributed by atoms with E-state index in [-0.39, 0.29) is 11.5 Å². The Labute approximate surface area is 135 Å². The molecular weight excluding hydrogens is 292 g/mol. The Morgan fingerprint density at radius 3 is 2.78 bits per heavy atom. The van der Waals surface area contributed by atoms with Gasteiger partial charge in [-0.15, -0.1) is 0 Å². The summed E-state index contributed by atoms with van der Waals surface area (Å²) < 4.78 is 0. The topological polar surface area (TPSA) is 85.2 Å². The van der Waals surface area contributed by atoms with E-state index in [1.54, 1.807) is 0 Å². The normalized spacial score (nSPS) is 14.5. The van der Waals surface area contributed by atoms with E-state index < -0.39 is 5.91 Å². The highest BCUT2D eigenvalue weighted by molar-refractivity contribution is 5.97. The van der Waals surface area contributed by atoms with E-state index in [1.165, 1.54) is 6.20 Å². The van der Waals surface area contributed by atoms with E-state index in [4.69, 9.17) is 5.26 Å². The monoisotopic (exact) mass is 312 g/mol. The maximum Gasteiger partial charge on any atom is 0.263 e. The van der Waals surface area contributed by atoms with Crippen molar-refractivity contribution in [3.05, 3.63) is 42.1 Å². The molecule has 0 aliphatic carbocycles. The third-order valence-electron chi connectivity index (χ3n) is 3.58. The van der Waals surface area contributed by atoms with Crippen LogP contribution in [0.5, 0.6) is 0 Å². The Balaban J connectivity index is 1.74. The van der Waals surface area contributed by atoms with Gasteiger partial charge >= 0.3 is 0 Å². The number of hydrogen-bond donors (Lipinski definition) is 2. The molecule has 6 heteroatoms. The van der Waals surface area contributed by atoms with E-state index >= 15 is 0 Å². The lowest BCUT2D eigenvalue weighted by Crippen LogP contribution is -2.31. The summed E-state index contributed by atoms with van der Waals surface area (Å²) in [7, 11) is 0. The molecule has 0 atom stereocenters. The fourth-order valence-electron chi connectivity index (χ4n) is 2.35. The van der Waals surface area contributed by atoms with Crippen LogP contribution in [-0.4, -0.2) is 36.3 Å². The quantitative estimate of drug-likeness (QED) is 0.455. The summed E-state index contributed by atoms with van der Waals surface area (Å²) in [5, 5.41) is 14.7. The zero-order valence-corrected chi connectivity index (χ0v) is 12.9. The molecule has 1 aliphatic rings. The molecule has 0 bridgehead atoms. The number of nitrogens with one attached hydrogen (secondary N) is 2. The van der Waals surface area contributed by atoms with Gasteiger partial charge in [-0.3, -0.25) is 9.59 Å². The number of nitriles is 1. The third-order valence-corrected chi connectivity index (χ3v) is 3.58. The van der Waals surface area contributed by atoms with Crippen LogP contribution in [0, 0.1) is 11.3 Å². The van der Waals surface area contributed by atoms with Gasteiger partial charge in [-0.05, 0) is 25.0 Å². The maximum atomic E-state index is 11.9. The van der Waals surface area contributed by atoms with Gasteiger partial charge < -0.3 is 15.5 Å². The zero-order chi connectivity index (χ0) is 16.5. The predicted octanol–water partition coefficient (Wildman–Crippen LogP) is 1.63. The summed E-state index contributed by atoms with van der Waals surface area (Å²) in [6.45, 7) is 1.89. The number of rotatable bonds is 7. The molecule has 0 spiro atoms. The molecule has 0 unspecified atom stereocenters. The van der Waals surface area contributed by atoms with Crippen molar-refractivity contribution in [3.63, 3.8) is 0 Å². The van der Waals surface area contributed by atoms with Crippen LogP contribution in [0.2, 0.25) is 0 Å². The van der Waals surface area contributed by atoms with Crippen molar-refractivity contribution in [2.45, 2.75) is 19.3 Å². The molecule has 2 rings (SSSR count). The minimum Gasteiger partial charge on any atom is -0.360 e. The van der Waals surface area contributed by atoms with E-state index in [9.17, 15) is 9.59 Å². The average molecular weight is 312 g/mol. The number of anilines is 1. The lowest BCUT2D eigenvalue weighted by Gasteiger charge is -2.15. The highest BCUT2D eigenvalue weighted by atomic mass is 16.2. The molecule has 120 valence electrons. The SMILES string of the molecule is N#C/C(=C/Nc1ccccc1)C(=O)NCCCN1CCCC1=O. The van der Waals surface area contributed by atoms with Gasteiger partial charge in [-0.25, -0.2) is 0 Å². The van der Waals surface area contributed by atoms with Crippen LogP contribution in [0.1, 0.15) is 19.3 Å². The summed E-state index contributed by atoms with van der Waals surface area (Å²) in [6.07, 6.45) is 3.62. The highest BCUT2D eigenvalue weighted by Gasteiger charge is 2.19. The van der Waals surface area contributed by atoms with Gasteiger partial charge in [0.1, 0.15) is 11.6 Å². The van der Waals surface area contributed by atoms with Gasteiger partial charge in [0.15, 0.2) is 0 Å². The number of likely N-dealkylation sites (tertiary alicyclic amines) is 1. The highest BCUT2D eigenvalue weighted by Crippen LogP contribution is 2.09. The summed E-state index contributed by atoms with van der Waals surface area (Å²) in [5.74, 6) is -0.232. The van der Waals surface area contributed by atoms with E-state index in [2.05, 4.69) is 10.6 Å². The molecule has 0 saturated carbocycles. The second kappa shape index (κ2) is 8.59. The third kappa shape index (κ3) is 5.15. The first-order chi connectivity index (χ1) is 11.2. The predicted molar refractivity (Wildman–Crippen MR) is 87.2 cm³/mol. The van der Waals surface area contributed by atoms with Crippen LogP contribution in [0.3, 0.4) is 0 Å². The Bertz CT molecular complexity index is 619. The molecule has 1 aromatic rings. The fourth-order valence-corrected chi connectivity index (χ4v) is 2.35. The van der Waals surface area contributed by atoms with Crippen LogP contribution < -0.4 is 10.6 Å². The molecule has 0 radical (unpaired) electrons. The lowest BCUT2D eigenvalue weighted by molar-refractivity contribution is -0.127. The summed E-state index contributed by atoms with van der Waals surface area (Å²) in [6, 6.07) is 11.2. The van der Waals surface area contributed by atoms with Crippen molar-refractivity contribution < 1.29 is 9.59 Å². The van der Waals surface area contributed by atoms with Gasteiger partial charge in [0.25, 0.3) is 5.91 Å². The smallest absolute Gasteiger partial charge is 0.263 e. The molecule has 1 aliphatic heterocycles. The minimum absolute atomic E-state index is 0.0195. The molecule has 1 heterocycles. The molecule has 2 N–H and O–H groups in total. The molecule has 23 heavy (non-hydrogen) atoms. The second-order valence-corrected chi connectivity index (χ2v) is 5.27. The molecule has 1 fully saturated rings.